The molecule has 0 radical (unpaired) electrons. The molecule has 1 aliphatic carbocycles. The molecule has 0 aromatic carbocycles. The number of hydrogen-bond donors (Lipinski definition) is 1. The fourth-order valence-electron chi connectivity index (χ4n) is 1.62. The molecular weight excluding hydrogens is 124 g/mol. The average Bonchev–Trinajstić information content (AvgIpc) is 2.05. The normalized spacial score (nSPS) is 33.2. The van der Waals surface area contributed by atoms with Crippen molar-refractivity contribution >= 4 is 0 Å². The fourth-order valence-corrected chi connectivity index (χ4v) is 1.62. The van der Waals surface area contributed by atoms with Crippen LogP contribution < -0.4 is 5.73 Å². The molecule has 0 heterocycles. The Kier molecular flexibility index (Phi) is 2.70. The molecule has 1 aliphatic rings. The van der Waals surface area contributed by atoms with Crippen molar-refractivity contribution in [3.05, 3.63) is 0 Å². The van der Waals surface area contributed by atoms with Gasteiger partial charge in [-0.05, 0) is 31.7 Å². The van der Waals surface area contributed by atoms with Gasteiger partial charge in [0.25, 0.3) is 0 Å². The van der Waals surface area contributed by atoms with Gasteiger partial charge < -0.3 is 5.73 Å². The first-order valence-corrected chi connectivity index (χ1v) is 3.96. The van der Waals surface area contributed by atoms with Crippen LogP contribution in [0.1, 0.15) is 25.7 Å². The molecule has 56 valence electrons. The van der Waals surface area contributed by atoms with Crippen molar-refractivity contribution in [3.63, 3.8) is 0 Å². The summed E-state index contributed by atoms with van der Waals surface area (Å²) >= 11 is 0. The SMILES string of the molecule is N#CC1CCCC(CN)C1. The van der Waals surface area contributed by atoms with Crippen LogP contribution in [0.25, 0.3) is 0 Å². The second kappa shape index (κ2) is 3.58. The lowest BCUT2D eigenvalue weighted by Gasteiger charge is -2.23. The summed E-state index contributed by atoms with van der Waals surface area (Å²) in [5, 5.41) is 8.61. The van der Waals surface area contributed by atoms with Crippen molar-refractivity contribution in [1.29, 1.82) is 5.26 Å². The number of rotatable bonds is 1. The summed E-state index contributed by atoms with van der Waals surface area (Å²) in [7, 11) is 0. The summed E-state index contributed by atoms with van der Waals surface area (Å²) in [6.45, 7) is 0.762. The maximum atomic E-state index is 8.61. The zero-order valence-electron chi connectivity index (χ0n) is 6.21. The highest BCUT2D eigenvalue weighted by Gasteiger charge is 2.19. The predicted octanol–water partition coefficient (Wildman–Crippen LogP) is 1.28. The third-order valence-corrected chi connectivity index (χ3v) is 2.30. The molecule has 0 amide bonds. The van der Waals surface area contributed by atoms with E-state index in [-0.39, 0.29) is 0 Å². The number of nitrogens with two attached hydrogens (primary N) is 1. The van der Waals surface area contributed by atoms with Gasteiger partial charge in [0, 0.05) is 5.92 Å². The van der Waals surface area contributed by atoms with Gasteiger partial charge in [0.1, 0.15) is 0 Å². The zero-order chi connectivity index (χ0) is 7.40. The fraction of sp³-hybridized carbons (Fsp3) is 0.875. The molecule has 2 heteroatoms. The minimum atomic E-state index is 0.294. The van der Waals surface area contributed by atoms with Gasteiger partial charge in [-0.2, -0.15) is 5.26 Å². The first-order chi connectivity index (χ1) is 4.86. The summed E-state index contributed by atoms with van der Waals surface area (Å²) in [4.78, 5) is 0. The Hall–Kier alpha value is -0.550. The Morgan fingerprint density at radius 2 is 2.30 bits per heavy atom. The highest BCUT2D eigenvalue weighted by atomic mass is 14.6. The monoisotopic (exact) mass is 138 g/mol. The van der Waals surface area contributed by atoms with Gasteiger partial charge in [-0.3, -0.25) is 0 Å². The zero-order valence-corrected chi connectivity index (χ0v) is 6.21. The number of hydrogen-bond acceptors (Lipinski definition) is 2. The van der Waals surface area contributed by atoms with Gasteiger partial charge in [-0.25, -0.2) is 0 Å². The lowest BCUT2D eigenvalue weighted by molar-refractivity contribution is 0.316. The van der Waals surface area contributed by atoms with Crippen LogP contribution in [0.2, 0.25) is 0 Å². The van der Waals surface area contributed by atoms with Gasteiger partial charge in [-0.1, -0.05) is 6.42 Å². The Bertz CT molecular complexity index is 137. The molecule has 2 N–H and O–H groups in total. The topological polar surface area (TPSA) is 49.8 Å². The van der Waals surface area contributed by atoms with Crippen molar-refractivity contribution in [2.75, 3.05) is 6.54 Å². The molecule has 1 fully saturated rings. The van der Waals surface area contributed by atoms with Crippen molar-refractivity contribution in [2.45, 2.75) is 25.7 Å². The molecule has 0 saturated heterocycles. The van der Waals surface area contributed by atoms with Crippen molar-refractivity contribution in [3.8, 4) is 6.07 Å². The molecule has 1 saturated carbocycles. The Morgan fingerprint density at radius 3 is 2.90 bits per heavy atom. The third kappa shape index (κ3) is 1.71. The molecule has 2 atom stereocenters. The van der Waals surface area contributed by atoms with Crippen LogP contribution in [0.15, 0.2) is 0 Å². The first-order valence-electron chi connectivity index (χ1n) is 3.96. The molecule has 2 unspecified atom stereocenters. The van der Waals surface area contributed by atoms with Crippen molar-refractivity contribution in [2.24, 2.45) is 17.6 Å². The third-order valence-electron chi connectivity index (χ3n) is 2.30. The highest BCUT2D eigenvalue weighted by molar-refractivity contribution is 4.87. The van der Waals surface area contributed by atoms with Gasteiger partial charge in [0.15, 0.2) is 0 Å². The molecular formula is C8H14N2. The molecule has 10 heavy (non-hydrogen) atoms. The van der Waals surface area contributed by atoms with E-state index in [1.165, 1.54) is 12.8 Å². The highest BCUT2D eigenvalue weighted by Crippen LogP contribution is 2.27. The van der Waals surface area contributed by atoms with E-state index < -0.39 is 0 Å². The molecule has 0 aromatic rings. The van der Waals surface area contributed by atoms with E-state index in [1.54, 1.807) is 0 Å². The van der Waals surface area contributed by atoms with E-state index in [0.717, 1.165) is 19.4 Å². The van der Waals surface area contributed by atoms with Crippen LogP contribution >= 0.6 is 0 Å². The van der Waals surface area contributed by atoms with Crippen molar-refractivity contribution in [1.82, 2.24) is 0 Å². The second-order valence-corrected chi connectivity index (χ2v) is 3.09. The van der Waals surface area contributed by atoms with E-state index in [0.29, 0.717) is 11.8 Å². The molecule has 0 aliphatic heterocycles. The summed E-state index contributed by atoms with van der Waals surface area (Å²) in [6.07, 6.45) is 4.55. The summed E-state index contributed by atoms with van der Waals surface area (Å²) in [5.41, 5.74) is 5.51. The first kappa shape index (κ1) is 7.56. The lowest BCUT2D eigenvalue weighted by atomic mass is 9.82. The van der Waals surface area contributed by atoms with E-state index in [9.17, 15) is 0 Å². The summed E-state index contributed by atoms with van der Waals surface area (Å²) in [5.74, 6) is 0.917. The van der Waals surface area contributed by atoms with Crippen LogP contribution in [0, 0.1) is 23.2 Å². The van der Waals surface area contributed by atoms with E-state index in [1.807, 2.05) is 0 Å². The van der Waals surface area contributed by atoms with Gasteiger partial charge in [0.05, 0.1) is 6.07 Å². The maximum Gasteiger partial charge on any atom is 0.0655 e. The van der Waals surface area contributed by atoms with E-state index >= 15 is 0 Å². The molecule has 2 nitrogen and oxygen atoms in total. The molecule has 0 bridgehead atoms. The van der Waals surface area contributed by atoms with Crippen LogP contribution in [0.5, 0.6) is 0 Å². The Labute approximate surface area is 62.0 Å². The molecule has 0 spiro atoms. The van der Waals surface area contributed by atoms with E-state index in [2.05, 4.69) is 6.07 Å². The van der Waals surface area contributed by atoms with Gasteiger partial charge in [-0.15, -0.1) is 0 Å². The number of nitriles is 1. The molecule has 0 aromatic heterocycles. The minimum absolute atomic E-state index is 0.294. The largest absolute Gasteiger partial charge is 0.330 e. The second-order valence-electron chi connectivity index (χ2n) is 3.09. The standard InChI is InChI=1S/C8H14N2/c9-5-7-2-1-3-8(4-7)6-10/h7-8H,1-5,9H2. The van der Waals surface area contributed by atoms with Gasteiger partial charge >= 0.3 is 0 Å². The van der Waals surface area contributed by atoms with Crippen LogP contribution in [0.4, 0.5) is 0 Å². The quantitative estimate of drug-likeness (QED) is 0.593. The van der Waals surface area contributed by atoms with Crippen LogP contribution in [-0.4, -0.2) is 6.54 Å². The smallest absolute Gasteiger partial charge is 0.0655 e. The van der Waals surface area contributed by atoms with Crippen LogP contribution in [-0.2, 0) is 0 Å². The Balaban J connectivity index is 2.33. The number of nitrogens with zero attached hydrogens (tertiary/aromatic N) is 1. The lowest BCUT2D eigenvalue weighted by Crippen LogP contribution is -2.21. The Morgan fingerprint density at radius 1 is 1.50 bits per heavy atom. The predicted molar refractivity (Wildman–Crippen MR) is 40.1 cm³/mol. The summed E-state index contributed by atoms with van der Waals surface area (Å²) in [6, 6.07) is 2.31. The van der Waals surface area contributed by atoms with E-state index in [4.69, 9.17) is 11.0 Å². The van der Waals surface area contributed by atoms with Crippen LogP contribution in [0.3, 0.4) is 0 Å². The average molecular weight is 138 g/mol. The maximum absolute atomic E-state index is 8.61. The van der Waals surface area contributed by atoms with Crippen molar-refractivity contribution < 1.29 is 0 Å². The minimum Gasteiger partial charge on any atom is -0.330 e. The van der Waals surface area contributed by atoms with Gasteiger partial charge in [0.2, 0.25) is 0 Å². The summed E-state index contributed by atoms with van der Waals surface area (Å²) < 4.78 is 0. The molecule has 1 rings (SSSR count).